The fourth-order valence-corrected chi connectivity index (χ4v) is 5.37. The lowest BCUT2D eigenvalue weighted by atomic mass is 9.76. The number of benzene rings is 3. The molecule has 5 rings (SSSR count). The Morgan fingerprint density at radius 3 is 2.14 bits per heavy atom. The number of aliphatic hydroxyl groups excluding tert-OH is 1. The predicted octanol–water partition coefficient (Wildman–Crippen LogP) is 7.27. The van der Waals surface area contributed by atoms with Gasteiger partial charge in [0.2, 0.25) is 0 Å². The number of hydrogen-bond donors (Lipinski definition) is 1. The fourth-order valence-electron chi connectivity index (χ4n) is 5.37. The molecule has 0 aliphatic carbocycles. The highest BCUT2D eigenvalue weighted by Gasteiger charge is 2.33. The first-order valence-electron chi connectivity index (χ1n) is 14.0. The van der Waals surface area contributed by atoms with Gasteiger partial charge in [-0.2, -0.15) is 0 Å². The molecule has 0 spiro atoms. The summed E-state index contributed by atoms with van der Waals surface area (Å²) in [5.41, 5.74) is 3.91. The van der Waals surface area contributed by atoms with Crippen LogP contribution in [-0.4, -0.2) is 50.0 Å². The van der Waals surface area contributed by atoms with Crippen LogP contribution >= 0.6 is 0 Å². The molecule has 4 nitrogen and oxygen atoms in total. The lowest BCUT2D eigenvalue weighted by Crippen LogP contribution is -2.26. The number of aliphatic hydroxyl groups is 1. The first-order chi connectivity index (χ1) is 18.4. The van der Waals surface area contributed by atoms with Crippen LogP contribution in [0, 0.1) is 0 Å². The Balaban J connectivity index is 0.000000907. The lowest BCUT2D eigenvalue weighted by molar-refractivity contribution is 0.239. The highest BCUT2D eigenvalue weighted by molar-refractivity contribution is 5.48. The topological polar surface area (TPSA) is 41.9 Å². The fraction of sp³-hybridized carbons (Fsp3) is 0.455. The maximum Gasteiger partial charge on any atom is 0.123 e. The van der Waals surface area contributed by atoms with Crippen molar-refractivity contribution in [2.75, 3.05) is 40.0 Å². The van der Waals surface area contributed by atoms with E-state index in [2.05, 4.69) is 83.8 Å². The molecule has 4 heteroatoms. The number of hydrogen-bond acceptors (Lipinski definition) is 4. The molecule has 1 fully saturated rings. The van der Waals surface area contributed by atoms with Gasteiger partial charge in [-0.15, -0.1) is 0 Å². The van der Waals surface area contributed by atoms with Gasteiger partial charge in [0, 0.05) is 31.1 Å². The van der Waals surface area contributed by atoms with E-state index in [4.69, 9.17) is 14.6 Å². The highest BCUT2D eigenvalue weighted by Crippen LogP contribution is 2.46. The quantitative estimate of drug-likeness (QED) is 0.344. The van der Waals surface area contributed by atoms with Crippen LogP contribution in [0.25, 0.3) is 0 Å². The zero-order valence-electron chi connectivity index (χ0n) is 22.9. The Kier molecular flexibility index (Phi) is 12.5. The average Bonchev–Trinajstić information content (AvgIpc) is 3.27. The third-order valence-corrected chi connectivity index (χ3v) is 7.13. The summed E-state index contributed by atoms with van der Waals surface area (Å²) in [4.78, 5) is 2.60. The molecule has 200 valence electrons. The second-order valence-corrected chi connectivity index (χ2v) is 9.37. The van der Waals surface area contributed by atoms with Crippen molar-refractivity contribution in [1.29, 1.82) is 0 Å². The van der Waals surface area contributed by atoms with E-state index in [-0.39, 0.29) is 5.92 Å². The molecule has 0 aromatic heterocycles. The number of fused-ring (bicyclic) bond motifs is 1. The van der Waals surface area contributed by atoms with E-state index in [9.17, 15) is 0 Å². The van der Waals surface area contributed by atoms with Gasteiger partial charge in [0.15, 0.2) is 0 Å². The Morgan fingerprint density at radius 2 is 1.43 bits per heavy atom. The van der Waals surface area contributed by atoms with Crippen LogP contribution in [0.1, 0.15) is 74.5 Å². The summed E-state index contributed by atoms with van der Waals surface area (Å²) in [5, 5.41) is 7.00. The summed E-state index contributed by atoms with van der Waals surface area (Å²) in [6.45, 7) is 9.13. The van der Waals surface area contributed by atoms with Crippen molar-refractivity contribution in [2.45, 2.75) is 57.8 Å². The van der Waals surface area contributed by atoms with Crippen molar-refractivity contribution >= 4 is 0 Å². The zero-order chi connectivity index (χ0) is 26.3. The van der Waals surface area contributed by atoms with E-state index in [1.54, 1.807) is 0 Å². The summed E-state index contributed by atoms with van der Waals surface area (Å²) < 4.78 is 12.3. The van der Waals surface area contributed by atoms with Crippen molar-refractivity contribution in [2.24, 2.45) is 0 Å². The zero-order valence-corrected chi connectivity index (χ0v) is 22.9. The standard InChI is InChI=1S/C30H35NO2.C2H6.CH4O/c1-2-9-20-31(19-8-1)21-10-22-32-26-17-15-25(16-18-26)30-27-13-6-7-14-29(27)33-23-28(30)24-11-4-3-5-12-24;2*1-2/h3-7,11-18,28,30H,1-2,8-10,19-23H2;1-2H3;2H,1H3. The van der Waals surface area contributed by atoms with Gasteiger partial charge in [0.05, 0.1) is 13.2 Å². The maximum atomic E-state index is 7.00. The second kappa shape index (κ2) is 16.1. The van der Waals surface area contributed by atoms with E-state index < -0.39 is 0 Å². The molecule has 0 bridgehead atoms. The first-order valence-corrected chi connectivity index (χ1v) is 14.0. The molecule has 37 heavy (non-hydrogen) atoms. The SMILES string of the molecule is CC.CO.c1ccc(C2COc3ccccc3C2c2ccc(OCCCN3CCCCCC3)cc2)cc1. The van der Waals surface area contributed by atoms with Crippen molar-refractivity contribution in [3.05, 3.63) is 95.6 Å². The molecule has 0 saturated carbocycles. The molecule has 2 atom stereocenters. The largest absolute Gasteiger partial charge is 0.494 e. The highest BCUT2D eigenvalue weighted by atomic mass is 16.5. The normalized spacial score (nSPS) is 19.0. The molecule has 1 N–H and O–H groups in total. The van der Waals surface area contributed by atoms with Crippen LogP contribution in [0.2, 0.25) is 0 Å². The molecule has 2 aliphatic heterocycles. The van der Waals surface area contributed by atoms with Crippen LogP contribution in [0.5, 0.6) is 11.5 Å². The van der Waals surface area contributed by atoms with E-state index in [1.807, 2.05) is 13.8 Å². The second-order valence-electron chi connectivity index (χ2n) is 9.37. The minimum absolute atomic E-state index is 0.273. The van der Waals surface area contributed by atoms with E-state index >= 15 is 0 Å². The summed E-state index contributed by atoms with van der Waals surface area (Å²) in [6, 6.07) is 28.0. The number of nitrogens with zero attached hydrogens (tertiary/aromatic N) is 1. The minimum Gasteiger partial charge on any atom is -0.494 e. The van der Waals surface area contributed by atoms with Gasteiger partial charge in [0.1, 0.15) is 11.5 Å². The molecule has 2 aliphatic rings. The molecule has 2 heterocycles. The van der Waals surface area contributed by atoms with Crippen LogP contribution in [0.4, 0.5) is 0 Å². The van der Waals surface area contributed by atoms with Gasteiger partial charge in [-0.1, -0.05) is 87.4 Å². The summed E-state index contributed by atoms with van der Waals surface area (Å²) in [7, 11) is 1.00. The van der Waals surface area contributed by atoms with Crippen LogP contribution in [0.3, 0.4) is 0 Å². The number of likely N-dealkylation sites (tertiary alicyclic amines) is 1. The van der Waals surface area contributed by atoms with Crippen molar-refractivity contribution in [3.63, 3.8) is 0 Å². The molecule has 3 aromatic carbocycles. The third-order valence-electron chi connectivity index (χ3n) is 7.13. The van der Waals surface area contributed by atoms with Crippen molar-refractivity contribution in [3.8, 4) is 11.5 Å². The third kappa shape index (κ3) is 8.08. The molecular weight excluding hydrogens is 458 g/mol. The van der Waals surface area contributed by atoms with Gasteiger partial charge in [-0.05, 0) is 61.7 Å². The maximum absolute atomic E-state index is 7.00. The summed E-state index contributed by atoms with van der Waals surface area (Å²) in [6.07, 6.45) is 6.57. The van der Waals surface area contributed by atoms with Crippen LogP contribution in [-0.2, 0) is 0 Å². The Hall–Kier alpha value is -2.82. The smallest absolute Gasteiger partial charge is 0.123 e. The van der Waals surface area contributed by atoms with E-state index in [1.165, 1.54) is 55.5 Å². The van der Waals surface area contributed by atoms with Crippen LogP contribution in [0.15, 0.2) is 78.9 Å². The van der Waals surface area contributed by atoms with Crippen LogP contribution < -0.4 is 9.47 Å². The Bertz CT molecular complexity index is 998. The molecule has 3 aromatic rings. The number of ether oxygens (including phenoxy) is 2. The lowest BCUT2D eigenvalue weighted by Gasteiger charge is -2.34. The van der Waals surface area contributed by atoms with E-state index in [0.717, 1.165) is 38.2 Å². The Morgan fingerprint density at radius 1 is 0.784 bits per heavy atom. The molecule has 2 unspecified atom stereocenters. The number of para-hydroxylation sites is 1. The minimum atomic E-state index is 0.273. The summed E-state index contributed by atoms with van der Waals surface area (Å²) in [5.74, 6) is 2.53. The first kappa shape index (κ1) is 28.7. The molecular formula is C33H45NO3. The summed E-state index contributed by atoms with van der Waals surface area (Å²) >= 11 is 0. The van der Waals surface area contributed by atoms with Gasteiger partial charge in [-0.3, -0.25) is 0 Å². The van der Waals surface area contributed by atoms with Gasteiger partial charge in [0.25, 0.3) is 0 Å². The van der Waals surface area contributed by atoms with E-state index in [0.29, 0.717) is 12.5 Å². The molecule has 0 amide bonds. The molecule has 0 radical (unpaired) electrons. The molecule has 1 saturated heterocycles. The monoisotopic (exact) mass is 503 g/mol. The Labute approximate surface area is 224 Å². The van der Waals surface area contributed by atoms with Gasteiger partial charge in [-0.25, -0.2) is 0 Å². The van der Waals surface area contributed by atoms with Gasteiger partial charge < -0.3 is 19.5 Å². The number of rotatable bonds is 7. The van der Waals surface area contributed by atoms with Crippen molar-refractivity contribution in [1.82, 2.24) is 4.90 Å². The van der Waals surface area contributed by atoms with Gasteiger partial charge >= 0.3 is 0 Å². The van der Waals surface area contributed by atoms with Crippen molar-refractivity contribution < 1.29 is 14.6 Å². The average molecular weight is 504 g/mol. The predicted molar refractivity (Wildman–Crippen MR) is 154 cm³/mol.